The van der Waals surface area contributed by atoms with Gasteiger partial charge in [-0.15, -0.1) is 0 Å². The lowest BCUT2D eigenvalue weighted by Crippen LogP contribution is -2.25. The highest BCUT2D eigenvalue weighted by Crippen LogP contribution is 1.94. The van der Waals surface area contributed by atoms with E-state index in [9.17, 15) is 4.79 Å². The van der Waals surface area contributed by atoms with Crippen molar-refractivity contribution in [1.82, 2.24) is 0 Å². The van der Waals surface area contributed by atoms with Crippen LogP contribution in [-0.4, -0.2) is 65.4 Å². The van der Waals surface area contributed by atoms with Crippen molar-refractivity contribution in [2.24, 2.45) is 0 Å². The molecule has 0 fully saturated rings. The normalized spacial score (nSPS) is 12.4. The second-order valence-electron chi connectivity index (χ2n) is 3.48. The first-order valence-electron chi connectivity index (χ1n) is 6.15. The molecule has 1 atom stereocenters. The molecule has 0 bridgehead atoms. The second-order valence-corrected chi connectivity index (χ2v) is 3.48. The fraction of sp³-hybridized carbons (Fsp3) is 0.917. The van der Waals surface area contributed by atoms with Gasteiger partial charge in [-0.3, -0.25) is 0 Å². The molecule has 6 heteroatoms. The molecule has 0 aromatic rings. The Labute approximate surface area is 108 Å². The molecule has 0 amide bonds. The maximum absolute atomic E-state index is 11.2. The molecule has 0 rings (SSSR count). The van der Waals surface area contributed by atoms with E-state index in [0.717, 1.165) is 0 Å². The highest BCUT2D eigenvalue weighted by atomic mass is 16.6. The first-order valence-corrected chi connectivity index (χ1v) is 6.15. The predicted molar refractivity (Wildman–Crippen MR) is 65.6 cm³/mol. The maximum atomic E-state index is 11.2. The fourth-order valence-corrected chi connectivity index (χ4v) is 1.08. The molecule has 0 aliphatic carbocycles. The van der Waals surface area contributed by atoms with Crippen LogP contribution in [0.15, 0.2) is 0 Å². The number of hydrogen-bond donors (Lipinski definition) is 0. The monoisotopic (exact) mass is 264 g/mol. The zero-order valence-corrected chi connectivity index (χ0v) is 11.5. The molecule has 6 nitrogen and oxygen atoms in total. The van der Waals surface area contributed by atoms with Crippen LogP contribution in [0.3, 0.4) is 0 Å². The third-order valence-corrected chi connectivity index (χ3v) is 2.02. The molecule has 0 aliphatic heterocycles. The van der Waals surface area contributed by atoms with Gasteiger partial charge in [-0.25, -0.2) is 4.79 Å². The third kappa shape index (κ3) is 10.5. The molecule has 0 aromatic heterocycles. The predicted octanol–water partition coefficient (Wildman–Crippen LogP) is 0.634. The zero-order valence-electron chi connectivity index (χ0n) is 11.5. The Morgan fingerprint density at radius 1 is 1.00 bits per heavy atom. The van der Waals surface area contributed by atoms with Crippen LogP contribution in [0.25, 0.3) is 0 Å². The van der Waals surface area contributed by atoms with Crippen LogP contribution in [0, 0.1) is 0 Å². The van der Waals surface area contributed by atoms with Crippen molar-refractivity contribution in [3.05, 3.63) is 0 Å². The van der Waals surface area contributed by atoms with E-state index in [0.29, 0.717) is 46.2 Å². The van der Waals surface area contributed by atoms with Gasteiger partial charge in [0.05, 0.1) is 46.2 Å². The molecule has 0 spiro atoms. The van der Waals surface area contributed by atoms with E-state index in [1.165, 1.54) is 0 Å². The summed E-state index contributed by atoms with van der Waals surface area (Å²) in [5.74, 6) is -0.347. The summed E-state index contributed by atoms with van der Waals surface area (Å²) in [6, 6.07) is 0. The Hall–Kier alpha value is -0.690. The number of ether oxygens (including phenoxy) is 5. The quantitative estimate of drug-likeness (QED) is 0.380. The van der Waals surface area contributed by atoms with Gasteiger partial charge in [0, 0.05) is 7.11 Å². The molecule has 1 unspecified atom stereocenters. The number of carbonyl (C=O) groups excluding carboxylic acids is 1. The third-order valence-electron chi connectivity index (χ3n) is 2.02. The summed E-state index contributed by atoms with van der Waals surface area (Å²) < 4.78 is 25.3. The molecule has 18 heavy (non-hydrogen) atoms. The molecule has 0 saturated heterocycles. The summed E-state index contributed by atoms with van der Waals surface area (Å²) in [6.07, 6.45) is -0.550. The first-order chi connectivity index (χ1) is 8.72. The standard InChI is InChI=1S/C12H24O6/c1-4-17-12(13)11(2)18-10-9-16-8-7-15-6-5-14-3/h11H,4-10H2,1-3H3. The van der Waals surface area contributed by atoms with Gasteiger partial charge in [-0.05, 0) is 13.8 Å². The zero-order chi connectivity index (χ0) is 13.6. The van der Waals surface area contributed by atoms with Crippen LogP contribution in [0.5, 0.6) is 0 Å². The van der Waals surface area contributed by atoms with Crippen molar-refractivity contribution in [3.63, 3.8) is 0 Å². The minimum Gasteiger partial charge on any atom is -0.464 e. The minimum atomic E-state index is -0.550. The largest absolute Gasteiger partial charge is 0.464 e. The molecule has 0 aromatic carbocycles. The smallest absolute Gasteiger partial charge is 0.334 e. The lowest BCUT2D eigenvalue weighted by atomic mass is 10.4. The summed E-state index contributed by atoms with van der Waals surface area (Å²) in [5, 5.41) is 0. The average molecular weight is 264 g/mol. The van der Waals surface area contributed by atoms with Gasteiger partial charge in [0.15, 0.2) is 6.10 Å². The second kappa shape index (κ2) is 12.8. The number of carbonyl (C=O) groups is 1. The maximum Gasteiger partial charge on any atom is 0.334 e. The lowest BCUT2D eigenvalue weighted by Gasteiger charge is -2.11. The molecule has 0 saturated carbocycles. The van der Waals surface area contributed by atoms with Crippen LogP contribution in [0.4, 0.5) is 0 Å². The van der Waals surface area contributed by atoms with Gasteiger partial charge in [0.25, 0.3) is 0 Å². The summed E-state index contributed by atoms with van der Waals surface area (Å²) in [7, 11) is 1.63. The lowest BCUT2D eigenvalue weighted by molar-refractivity contribution is -0.156. The van der Waals surface area contributed by atoms with E-state index in [-0.39, 0.29) is 5.97 Å². The van der Waals surface area contributed by atoms with E-state index in [2.05, 4.69) is 0 Å². The van der Waals surface area contributed by atoms with Crippen LogP contribution in [0.2, 0.25) is 0 Å². The van der Waals surface area contributed by atoms with Gasteiger partial charge in [0.2, 0.25) is 0 Å². The molecule has 0 heterocycles. The van der Waals surface area contributed by atoms with E-state index in [1.807, 2.05) is 0 Å². The van der Waals surface area contributed by atoms with Crippen LogP contribution in [0.1, 0.15) is 13.8 Å². The van der Waals surface area contributed by atoms with Crippen molar-refractivity contribution in [1.29, 1.82) is 0 Å². The molecule has 0 N–H and O–H groups in total. The summed E-state index contributed by atoms with van der Waals surface area (Å²) in [5.41, 5.74) is 0. The SMILES string of the molecule is CCOC(=O)C(C)OCCOCCOCCOC. The molecule has 0 aliphatic rings. The van der Waals surface area contributed by atoms with Crippen molar-refractivity contribution >= 4 is 5.97 Å². The molecular weight excluding hydrogens is 240 g/mol. The topological polar surface area (TPSA) is 63.2 Å². The van der Waals surface area contributed by atoms with E-state index < -0.39 is 6.10 Å². The molecule has 108 valence electrons. The van der Waals surface area contributed by atoms with Gasteiger partial charge < -0.3 is 23.7 Å². The number of esters is 1. The Morgan fingerprint density at radius 2 is 1.56 bits per heavy atom. The molecular formula is C12H24O6. The first kappa shape index (κ1) is 17.3. The molecule has 0 radical (unpaired) electrons. The van der Waals surface area contributed by atoms with Crippen molar-refractivity contribution in [2.75, 3.05) is 53.4 Å². The van der Waals surface area contributed by atoms with Crippen molar-refractivity contribution in [3.8, 4) is 0 Å². The Morgan fingerprint density at radius 3 is 2.11 bits per heavy atom. The highest BCUT2D eigenvalue weighted by Gasteiger charge is 2.13. The van der Waals surface area contributed by atoms with Crippen molar-refractivity contribution in [2.45, 2.75) is 20.0 Å². The number of hydrogen-bond acceptors (Lipinski definition) is 6. The fourth-order valence-electron chi connectivity index (χ4n) is 1.08. The van der Waals surface area contributed by atoms with Crippen LogP contribution >= 0.6 is 0 Å². The highest BCUT2D eigenvalue weighted by molar-refractivity contribution is 5.74. The van der Waals surface area contributed by atoms with E-state index >= 15 is 0 Å². The van der Waals surface area contributed by atoms with Gasteiger partial charge in [-0.1, -0.05) is 0 Å². The average Bonchev–Trinajstić information content (AvgIpc) is 2.36. The Bertz CT molecular complexity index is 197. The van der Waals surface area contributed by atoms with Crippen LogP contribution in [-0.2, 0) is 28.5 Å². The van der Waals surface area contributed by atoms with Crippen molar-refractivity contribution < 1.29 is 28.5 Å². The Kier molecular flexibility index (Phi) is 12.3. The van der Waals surface area contributed by atoms with Gasteiger partial charge >= 0.3 is 5.97 Å². The van der Waals surface area contributed by atoms with Gasteiger partial charge in [-0.2, -0.15) is 0 Å². The van der Waals surface area contributed by atoms with E-state index in [1.54, 1.807) is 21.0 Å². The Balaban J connectivity index is 3.22. The van der Waals surface area contributed by atoms with E-state index in [4.69, 9.17) is 23.7 Å². The summed E-state index contributed by atoms with van der Waals surface area (Å²) in [4.78, 5) is 11.2. The minimum absolute atomic E-state index is 0.347. The number of methoxy groups -OCH3 is 1. The van der Waals surface area contributed by atoms with Crippen LogP contribution < -0.4 is 0 Å². The van der Waals surface area contributed by atoms with Gasteiger partial charge in [0.1, 0.15) is 0 Å². The summed E-state index contributed by atoms with van der Waals surface area (Å²) in [6.45, 7) is 6.74. The summed E-state index contributed by atoms with van der Waals surface area (Å²) >= 11 is 0. The number of rotatable bonds is 12.